The molecule has 36 heavy (non-hydrogen) atoms. The number of fused-ring (bicyclic) bond motifs is 1. The summed E-state index contributed by atoms with van der Waals surface area (Å²) in [4.78, 5) is 27.2. The lowest BCUT2D eigenvalue weighted by Crippen LogP contribution is -2.31. The van der Waals surface area contributed by atoms with Crippen LogP contribution in [0.4, 0.5) is 32.0 Å². The number of amides is 1. The fourth-order valence-electron chi connectivity index (χ4n) is 4.00. The number of aromatic nitrogens is 1. The van der Waals surface area contributed by atoms with Crippen molar-refractivity contribution in [3.05, 3.63) is 83.2 Å². The van der Waals surface area contributed by atoms with E-state index >= 15 is 0 Å². The zero-order chi connectivity index (χ0) is 26.3. The highest BCUT2D eigenvalue weighted by Crippen LogP contribution is 2.42. The Morgan fingerprint density at radius 1 is 1.00 bits per heavy atom. The van der Waals surface area contributed by atoms with Gasteiger partial charge in [0, 0.05) is 11.8 Å². The van der Waals surface area contributed by atoms with Gasteiger partial charge in [-0.15, -0.1) is 13.2 Å². The first-order valence-corrected chi connectivity index (χ1v) is 10.6. The van der Waals surface area contributed by atoms with Gasteiger partial charge >= 0.3 is 18.5 Å². The second-order valence-electron chi connectivity index (χ2n) is 7.81. The third kappa shape index (κ3) is 5.02. The van der Waals surface area contributed by atoms with Gasteiger partial charge in [-0.2, -0.15) is 13.2 Å². The molecule has 12 heteroatoms. The fraction of sp³-hybridized carbons (Fsp3) is 0.250. The second-order valence-corrected chi connectivity index (χ2v) is 7.81. The minimum absolute atomic E-state index is 0.000303. The first kappa shape index (κ1) is 25.1. The maximum Gasteiger partial charge on any atom is 0.573 e. The molecule has 2 heterocycles. The van der Waals surface area contributed by atoms with E-state index in [0.29, 0.717) is 5.56 Å². The van der Waals surface area contributed by atoms with Crippen LogP contribution < -0.4 is 9.64 Å². The van der Waals surface area contributed by atoms with Crippen LogP contribution in [-0.4, -0.2) is 29.4 Å². The van der Waals surface area contributed by atoms with Crippen molar-refractivity contribution in [1.29, 1.82) is 0 Å². The van der Waals surface area contributed by atoms with E-state index in [2.05, 4.69) is 4.74 Å². The summed E-state index contributed by atoms with van der Waals surface area (Å²) in [6.45, 7) is 1.49. The zero-order valence-corrected chi connectivity index (χ0v) is 18.6. The number of ether oxygens (including phenoxy) is 2. The van der Waals surface area contributed by atoms with E-state index in [4.69, 9.17) is 4.74 Å². The van der Waals surface area contributed by atoms with E-state index in [1.807, 2.05) is 0 Å². The Labute approximate surface area is 200 Å². The van der Waals surface area contributed by atoms with Crippen LogP contribution in [0, 0.1) is 0 Å². The quantitative estimate of drug-likeness (QED) is 0.313. The molecule has 1 aliphatic heterocycles. The Morgan fingerprint density at radius 3 is 2.31 bits per heavy atom. The molecule has 0 fully saturated rings. The number of hydrogen-bond donors (Lipinski definition) is 0. The van der Waals surface area contributed by atoms with Crippen molar-refractivity contribution in [3.8, 4) is 5.75 Å². The molecule has 2 aromatic carbocycles. The fourth-order valence-corrected chi connectivity index (χ4v) is 4.00. The predicted octanol–water partition coefficient (Wildman–Crippen LogP) is 5.72. The van der Waals surface area contributed by atoms with Crippen LogP contribution in [0.1, 0.15) is 40.1 Å². The number of nitrogens with zero attached hydrogens (tertiary/aromatic N) is 2. The van der Waals surface area contributed by atoms with Gasteiger partial charge < -0.3 is 18.9 Å². The molecule has 190 valence electrons. The average Bonchev–Trinajstić information content (AvgIpc) is 3.35. The van der Waals surface area contributed by atoms with Gasteiger partial charge in [0.15, 0.2) is 0 Å². The van der Waals surface area contributed by atoms with Crippen LogP contribution in [0.15, 0.2) is 60.8 Å². The summed E-state index contributed by atoms with van der Waals surface area (Å²) in [5, 5.41) is 0. The summed E-state index contributed by atoms with van der Waals surface area (Å²) in [5.74, 6) is -1.91. The molecule has 0 spiro atoms. The summed E-state index contributed by atoms with van der Waals surface area (Å²) in [7, 11) is 0. The molecule has 0 aliphatic carbocycles. The van der Waals surface area contributed by atoms with Crippen LogP contribution >= 0.6 is 0 Å². The van der Waals surface area contributed by atoms with Gasteiger partial charge in [0.05, 0.1) is 24.4 Å². The van der Waals surface area contributed by atoms with Gasteiger partial charge in [-0.1, -0.05) is 12.1 Å². The van der Waals surface area contributed by atoms with Gasteiger partial charge in [-0.25, -0.2) is 4.79 Å². The molecule has 0 radical (unpaired) electrons. The highest BCUT2D eigenvalue weighted by molar-refractivity contribution is 6.05. The monoisotopic (exact) mass is 512 g/mol. The van der Waals surface area contributed by atoms with Gasteiger partial charge in [0.2, 0.25) is 0 Å². The van der Waals surface area contributed by atoms with Gasteiger partial charge in [0.1, 0.15) is 17.5 Å². The molecule has 0 saturated heterocycles. The molecule has 0 N–H and O–H groups in total. The molecule has 1 unspecified atom stereocenters. The van der Waals surface area contributed by atoms with E-state index < -0.39 is 41.8 Å². The normalized spacial score (nSPS) is 15.7. The molecule has 3 aromatic rings. The highest BCUT2D eigenvalue weighted by atomic mass is 19.4. The van der Waals surface area contributed by atoms with Crippen molar-refractivity contribution in [2.24, 2.45) is 0 Å². The highest BCUT2D eigenvalue weighted by Gasteiger charge is 2.41. The largest absolute Gasteiger partial charge is 0.573 e. The third-order valence-electron chi connectivity index (χ3n) is 5.48. The molecule has 1 atom stereocenters. The number of esters is 1. The number of alkyl halides is 6. The van der Waals surface area contributed by atoms with E-state index in [1.165, 1.54) is 46.0 Å². The van der Waals surface area contributed by atoms with Gasteiger partial charge in [-0.05, 0) is 55.0 Å². The number of rotatable bonds is 6. The lowest BCUT2D eigenvalue weighted by molar-refractivity contribution is -0.274. The van der Waals surface area contributed by atoms with Crippen molar-refractivity contribution in [2.75, 3.05) is 11.5 Å². The van der Waals surface area contributed by atoms with Crippen molar-refractivity contribution >= 4 is 17.6 Å². The number of carbonyl (C=O) groups excluding carboxylic acids is 2. The molecule has 4 rings (SSSR count). The standard InChI is InChI=1S/C24H18F6N2O4/c1-2-35-22(34)19-4-3-11-31(19)20-17-12-16(36-24(28,29)30)9-10-18(17)32(21(20)33)13-14-5-7-15(8-6-14)23(25,26)27/h3-12,20H,2,13H2,1H3. The smallest absolute Gasteiger partial charge is 0.461 e. The van der Waals surface area contributed by atoms with Crippen LogP contribution in [0.2, 0.25) is 0 Å². The van der Waals surface area contributed by atoms with E-state index in [1.54, 1.807) is 6.92 Å². The summed E-state index contributed by atoms with van der Waals surface area (Å²) in [6.07, 6.45) is -8.10. The van der Waals surface area contributed by atoms with Crippen molar-refractivity contribution in [1.82, 2.24) is 4.57 Å². The number of anilines is 1. The molecule has 6 nitrogen and oxygen atoms in total. The third-order valence-corrected chi connectivity index (χ3v) is 5.48. The average molecular weight is 512 g/mol. The minimum atomic E-state index is -4.98. The molecule has 0 bridgehead atoms. The molecular formula is C24H18F6N2O4. The van der Waals surface area contributed by atoms with Gasteiger partial charge in [-0.3, -0.25) is 4.79 Å². The molecule has 0 saturated carbocycles. The molecule has 1 aliphatic rings. The summed E-state index contributed by atoms with van der Waals surface area (Å²) in [6, 6.07) is 9.16. The lowest BCUT2D eigenvalue weighted by Gasteiger charge is -2.19. The molecule has 1 aromatic heterocycles. The Bertz CT molecular complexity index is 1280. The lowest BCUT2D eigenvalue weighted by atomic mass is 10.1. The number of benzene rings is 2. The molecular weight excluding hydrogens is 494 g/mol. The maximum atomic E-state index is 13.5. The summed E-state index contributed by atoms with van der Waals surface area (Å²) < 4.78 is 87.5. The topological polar surface area (TPSA) is 60.8 Å². The number of carbonyl (C=O) groups is 2. The van der Waals surface area contributed by atoms with Gasteiger partial charge in [0.25, 0.3) is 5.91 Å². The minimum Gasteiger partial charge on any atom is -0.461 e. The van der Waals surface area contributed by atoms with Crippen LogP contribution in [-0.2, 0) is 22.3 Å². The Kier molecular flexibility index (Phi) is 6.46. The molecule has 1 amide bonds. The Hall–Kier alpha value is -3.96. The van der Waals surface area contributed by atoms with Crippen LogP contribution in [0.25, 0.3) is 0 Å². The van der Waals surface area contributed by atoms with E-state index in [-0.39, 0.29) is 30.1 Å². The predicted molar refractivity (Wildman–Crippen MR) is 114 cm³/mol. The summed E-state index contributed by atoms with van der Waals surface area (Å²) >= 11 is 0. The Morgan fingerprint density at radius 2 is 1.69 bits per heavy atom. The number of halogens is 6. The van der Waals surface area contributed by atoms with Crippen LogP contribution in [0.3, 0.4) is 0 Å². The zero-order valence-electron chi connectivity index (χ0n) is 18.6. The van der Waals surface area contributed by atoms with E-state index in [9.17, 15) is 35.9 Å². The SMILES string of the molecule is CCOC(=O)c1cccn1C1C(=O)N(Cc2ccc(C(F)(F)F)cc2)c2ccc(OC(F)(F)F)cc21. The van der Waals surface area contributed by atoms with Crippen molar-refractivity contribution < 1.29 is 45.4 Å². The van der Waals surface area contributed by atoms with Crippen LogP contribution in [0.5, 0.6) is 5.75 Å². The maximum absolute atomic E-state index is 13.5. The van der Waals surface area contributed by atoms with Crippen molar-refractivity contribution in [3.63, 3.8) is 0 Å². The van der Waals surface area contributed by atoms with E-state index in [0.717, 1.165) is 24.3 Å². The first-order valence-electron chi connectivity index (χ1n) is 10.6. The first-order chi connectivity index (χ1) is 16.9. The Balaban J connectivity index is 1.75. The number of hydrogen-bond acceptors (Lipinski definition) is 4. The second kappa shape index (κ2) is 9.25. The summed E-state index contributed by atoms with van der Waals surface area (Å²) in [5.41, 5.74) is -0.160. The van der Waals surface area contributed by atoms with Crippen molar-refractivity contribution in [2.45, 2.75) is 32.0 Å².